The van der Waals surface area contributed by atoms with E-state index in [0.29, 0.717) is 24.4 Å². The lowest BCUT2D eigenvalue weighted by Gasteiger charge is -2.08. The summed E-state index contributed by atoms with van der Waals surface area (Å²) < 4.78 is 21.4. The fraction of sp³-hybridized carbons (Fsp3) is 0.235. The summed E-state index contributed by atoms with van der Waals surface area (Å²) in [4.78, 5) is 22.8. The van der Waals surface area contributed by atoms with Crippen molar-refractivity contribution in [3.63, 3.8) is 0 Å². The van der Waals surface area contributed by atoms with Crippen molar-refractivity contribution in [3.8, 4) is 22.6 Å². The molecule has 0 aliphatic rings. The molecule has 3 rings (SSSR count). The lowest BCUT2D eigenvalue weighted by molar-refractivity contribution is -0.140. The van der Waals surface area contributed by atoms with E-state index < -0.39 is 18.5 Å². The SMILES string of the molecule is C=C(C)C(=O)OCCOc1ccc(-c2ccc(/C=C/c3ccc(OCCCCOC(=O)C(=C)CO)cc3)cc2)cc1. The monoisotopic (exact) mass is 556 g/mol. The number of benzene rings is 3. The summed E-state index contributed by atoms with van der Waals surface area (Å²) >= 11 is 0. The maximum Gasteiger partial charge on any atom is 0.335 e. The maximum atomic E-state index is 11.4. The molecule has 3 aromatic rings. The minimum absolute atomic E-state index is 0.0553. The number of unbranched alkanes of at least 4 members (excludes halogenated alkanes) is 1. The van der Waals surface area contributed by atoms with Gasteiger partial charge in [-0.3, -0.25) is 0 Å². The molecule has 1 N–H and O–H groups in total. The van der Waals surface area contributed by atoms with Crippen molar-refractivity contribution in [1.82, 2.24) is 0 Å². The van der Waals surface area contributed by atoms with E-state index in [0.717, 1.165) is 34.4 Å². The van der Waals surface area contributed by atoms with Crippen molar-refractivity contribution < 1.29 is 33.6 Å². The Morgan fingerprint density at radius 2 is 1.12 bits per heavy atom. The first kappa shape index (κ1) is 30.9. The average Bonchev–Trinajstić information content (AvgIpc) is 3.00. The molecule has 0 atom stereocenters. The number of rotatable bonds is 16. The van der Waals surface area contributed by atoms with Crippen molar-refractivity contribution in [1.29, 1.82) is 0 Å². The molecule has 0 saturated heterocycles. The summed E-state index contributed by atoms with van der Waals surface area (Å²) in [7, 11) is 0. The summed E-state index contributed by atoms with van der Waals surface area (Å²) in [5, 5.41) is 8.84. The number of hydrogen-bond donors (Lipinski definition) is 1. The Bertz CT molecular complexity index is 1320. The van der Waals surface area contributed by atoms with E-state index in [4.69, 9.17) is 24.1 Å². The fourth-order valence-electron chi connectivity index (χ4n) is 3.54. The van der Waals surface area contributed by atoms with E-state index in [1.807, 2.05) is 54.6 Å². The summed E-state index contributed by atoms with van der Waals surface area (Å²) in [5.41, 5.74) is 4.74. The van der Waals surface area contributed by atoms with Gasteiger partial charge in [-0.25, -0.2) is 9.59 Å². The van der Waals surface area contributed by atoms with Gasteiger partial charge in [-0.2, -0.15) is 0 Å². The molecule has 0 unspecified atom stereocenters. The van der Waals surface area contributed by atoms with Crippen LogP contribution in [0.2, 0.25) is 0 Å². The molecule has 7 nitrogen and oxygen atoms in total. The van der Waals surface area contributed by atoms with E-state index >= 15 is 0 Å². The predicted octanol–water partition coefficient (Wildman–Crippen LogP) is 6.27. The van der Waals surface area contributed by atoms with Crippen molar-refractivity contribution in [2.75, 3.05) is 33.0 Å². The molecular formula is C34H36O7. The maximum absolute atomic E-state index is 11.4. The molecule has 0 fully saturated rings. The van der Waals surface area contributed by atoms with Crippen LogP contribution >= 0.6 is 0 Å². The molecule has 7 heteroatoms. The summed E-state index contributed by atoms with van der Waals surface area (Å²) in [5.74, 6) is 0.504. The van der Waals surface area contributed by atoms with Crippen LogP contribution < -0.4 is 9.47 Å². The van der Waals surface area contributed by atoms with Crippen molar-refractivity contribution in [3.05, 3.63) is 108 Å². The molecule has 0 heterocycles. The van der Waals surface area contributed by atoms with Crippen LogP contribution in [0, 0.1) is 0 Å². The van der Waals surface area contributed by atoms with Crippen LogP contribution in [-0.4, -0.2) is 50.1 Å². The molecule has 41 heavy (non-hydrogen) atoms. The lowest BCUT2D eigenvalue weighted by atomic mass is 10.0. The van der Waals surface area contributed by atoms with Gasteiger partial charge in [0.2, 0.25) is 0 Å². The predicted molar refractivity (Wildman–Crippen MR) is 160 cm³/mol. The van der Waals surface area contributed by atoms with Gasteiger partial charge in [-0.15, -0.1) is 0 Å². The van der Waals surface area contributed by atoms with E-state index in [9.17, 15) is 9.59 Å². The highest BCUT2D eigenvalue weighted by Crippen LogP contribution is 2.23. The second-order valence-electron chi connectivity index (χ2n) is 9.27. The van der Waals surface area contributed by atoms with Crippen LogP contribution in [0.4, 0.5) is 0 Å². The fourth-order valence-corrected chi connectivity index (χ4v) is 3.54. The first-order chi connectivity index (χ1) is 19.9. The highest BCUT2D eigenvalue weighted by Gasteiger charge is 2.06. The van der Waals surface area contributed by atoms with Gasteiger partial charge < -0.3 is 24.1 Å². The number of carbonyl (C=O) groups is 2. The quantitative estimate of drug-likeness (QED) is 0.0962. The highest BCUT2D eigenvalue weighted by molar-refractivity contribution is 5.88. The van der Waals surface area contributed by atoms with Crippen LogP contribution in [0.3, 0.4) is 0 Å². The van der Waals surface area contributed by atoms with E-state index in [1.54, 1.807) is 6.92 Å². The van der Waals surface area contributed by atoms with Gasteiger partial charge in [0.25, 0.3) is 0 Å². The molecule has 214 valence electrons. The van der Waals surface area contributed by atoms with Crippen LogP contribution in [0.25, 0.3) is 23.3 Å². The van der Waals surface area contributed by atoms with Crippen LogP contribution in [-0.2, 0) is 19.1 Å². The van der Waals surface area contributed by atoms with Crippen molar-refractivity contribution in [2.24, 2.45) is 0 Å². The Kier molecular flexibility index (Phi) is 12.4. The first-order valence-corrected chi connectivity index (χ1v) is 13.4. The zero-order chi connectivity index (χ0) is 29.5. The van der Waals surface area contributed by atoms with Crippen molar-refractivity contribution >= 4 is 24.1 Å². The van der Waals surface area contributed by atoms with Gasteiger partial charge >= 0.3 is 11.9 Å². The number of aliphatic hydroxyl groups is 1. The lowest BCUT2D eigenvalue weighted by Crippen LogP contribution is -2.12. The molecule has 0 aliphatic carbocycles. The van der Waals surface area contributed by atoms with Gasteiger partial charge in [0.15, 0.2) is 0 Å². The van der Waals surface area contributed by atoms with Gasteiger partial charge in [0.05, 0.1) is 25.4 Å². The number of carbonyl (C=O) groups excluding carboxylic acids is 2. The summed E-state index contributed by atoms with van der Waals surface area (Å²) in [6.07, 6.45) is 5.51. The molecule has 0 radical (unpaired) electrons. The number of ether oxygens (including phenoxy) is 4. The van der Waals surface area contributed by atoms with E-state index in [-0.39, 0.29) is 25.4 Å². The van der Waals surface area contributed by atoms with Crippen molar-refractivity contribution in [2.45, 2.75) is 19.8 Å². The molecule has 0 amide bonds. The van der Waals surface area contributed by atoms with Crippen LogP contribution in [0.5, 0.6) is 11.5 Å². The molecular weight excluding hydrogens is 520 g/mol. The topological polar surface area (TPSA) is 91.3 Å². The standard InChI is InChI=1S/C34H36O7/c1-25(2)33(36)41-23-22-39-32-18-14-30(15-19-32)29-12-8-27(9-13-29)6-7-28-10-16-31(17-11-28)38-20-4-5-21-40-34(37)26(3)24-35/h6-19,35H,1,3-5,20-24H2,2H3/b7-6+. The second kappa shape index (κ2) is 16.5. The van der Waals surface area contributed by atoms with Crippen LogP contribution in [0.1, 0.15) is 30.9 Å². The highest BCUT2D eigenvalue weighted by atomic mass is 16.6. The van der Waals surface area contributed by atoms with Gasteiger partial charge in [0, 0.05) is 5.57 Å². The Balaban J connectivity index is 1.39. The summed E-state index contributed by atoms with van der Waals surface area (Å²) in [6, 6.07) is 23.9. The minimum Gasteiger partial charge on any atom is -0.494 e. The molecule has 0 spiro atoms. The first-order valence-electron chi connectivity index (χ1n) is 13.4. The summed E-state index contributed by atoms with van der Waals surface area (Å²) in [6.45, 7) is 9.42. The smallest absolute Gasteiger partial charge is 0.335 e. The largest absolute Gasteiger partial charge is 0.494 e. The number of esters is 2. The molecule has 0 aliphatic heterocycles. The zero-order valence-electron chi connectivity index (χ0n) is 23.3. The van der Waals surface area contributed by atoms with Crippen LogP contribution in [0.15, 0.2) is 97.1 Å². The third-order valence-electron chi connectivity index (χ3n) is 5.90. The Morgan fingerprint density at radius 3 is 1.68 bits per heavy atom. The Hall–Kier alpha value is -4.62. The molecule has 0 aromatic heterocycles. The Morgan fingerprint density at radius 1 is 0.659 bits per heavy atom. The van der Waals surface area contributed by atoms with E-state index in [1.165, 1.54) is 0 Å². The third-order valence-corrected chi connectivity index (χ3v) is 5.90. The number of aliphatic hydroxyl groups excluding tert-OH is 1. The molecule has 0 bridgehead atoms. The minimum atomic E-state index is -0.566. The number of hydrogen-bond acceptors (Lipinski definition) is 7. The third kappa shape index (κ3) is 10.8. The van der Waals surface area contributed by atoms with Gasteiger partial charge in [0.1, 0.15) is 24.7 Å². The average molecular weight is 557 g/mol. The Labute approximate surface area is 241 Å². The van der Waals surface area contributed by atoms with Gasteiger partial charge in [-0.05, 0) is 66.3 Å². The van der Waals surface area contributed by atoms with Gasteiger partial charge in [-0.1, -0.05) is 73.8 Å². The molecule has 0 saturated carbocycles. The zero-order valence-corrected chi connectivity index (χ0v) is 23.3. The second-order valence-corrected chi connectivity index (χ2v) is 9.27. The normalized spacial score (nSPS) is 10.7. The molecule has 3 aromatic carbocycles. The van der Waals surface area contributed by atoms with E-state index in [2.05, 4.69) is 43.5 Å².